The molecule has 2 aliphatic rings. The number of nitrogens with two attached hydrogens (primary N) is 1. The summed E-state index contributed by atoms with van der Waals surface area (Å²) < 4.78 is 0. The number of nitrogens with one attached hydrogen (secondary N) is 1. The summed E-state index contributed by atoms with van der Waals surface area (Å²) in [5, 5.41) is 1.49. The number of primary amides is 1. The fourth-order valence-electron chi connectivity index (χ4n) is 4.93. The number of para-hydroxylation sites is 1. The van der Waals surface area contributed by atoms with Crippen molar-refractivity contribution >= 4 is 51.6 Å². The Bertz CT molecular complexity index is 1350. The Kier molecular flexibility index (Phi) is 5.78. The van der Waals surface area contributed by atoms with E-state index in [0.717, 1.165) is 18.5 Å². The molecular weight excluding hydrogens is 475 g/mol. The third-order valence-electron chi connectivity index (χ3n) is 6.84. The molecule has 2 amide bonds. The Morgan fingerprint density at radius 3 is 2.53 bits per heavy atom. The van der Waals surface area contributed by atoms with E-state index in [1.54, 1.807) is 35.2 Å². The molecule has 2 aromatic carbocycles. The molecule has 1 aliphatic carbocycles. The molecule has 2 heterocycles. The Morgan fingerprint density at radius 1 is 1.06 bits per heavy atom. The molecule has 1 aromatic heterocycles. The highest BCUT2D eigenvalue weighted by atomic mass is 35.5. The number of nitrogens with zero attached hydrogens (tertiary/aromatic N) is 2. The zero-order valence-corrected chi connectivity index (χ0v) is 19.9. The molecule has 1 saturated carbocycles. The van der Waals surface area contributed by atoms with Gasteiger partial charge < -0.3 is 20.5 Å². The van der Waals surface area contributed by atoms with Crippen LogP contribution in [0.1, 0.15) is 29.6 Å². The molecule has 2 fully saturated rings. The van der Waals surface area contributed by atoms with Gasteiger partial charge >= 0.3 is 0 Å². The standard InChI is InChI=1S/C25H24Cl2N4O3/c26-19-8-7-16(11-20(19)27)30-9-10-31(25(14-30,24(28)34)13-15-5-6-15)23(33)18-12-22(32)29-21-4-2-1-3-17(18)21/h1-4,7-8,11-12,15H,5-6,9-10,13-14H2,(H2,28,34)(H,29,32). The average Bonchev–Trinajstić information content (AvgIpc) is 3.63. The van der Waals surface area contributed by atoms with Gasteiger partial charge in [-0.1, -0.05) is 54.2 Å². The number of amides is 2. The summed E-state index contributed by atoms with van der Waals surface area (Å²) in [6.07, 6.45) is 2.47. The number of hydrogen-bond acceptors (Lipinski definition) is 4. The number of piperazine rings is 1. The highest BCUT2D eigenvalue weighted by Gasteiger charge is 2.52. The lowest BCUT2D eigenvalue weighted by molar-refractivity contribution is -0.130. The summed E-state index contributed by atoms with van der Waals surface area (Å²) in [6, 6.07) is 13.8. The summed E-state index contributed by atoms with van der Waals surface area (Å²) in [6.45, 7) is 0.990. The molecule has 1 atom stereocenters. The van der Waals surface area contributed by atoms with Gasteiger partial charge in [-0.3, -0.25) is 14.4 Å². The molecule has 176 valence electrons. The number of halogens is 2. The van der Waals surface area contributed by atoms with Crippen LogP contribution in [0.25, 0.3) is 10.9 Å². The number of aromatic nitrogens is 1. The first-order valence-corrected chi connectivity index (χ1v) is 12.0. The number of carbonyl (C=O) groups is 2. The maximum atomic E-state index is 13.9. The van der Waals surface area contributed by atoms with Crippen LogP contribution in [-0.2, 0) is 4.79 Å². The number of fused-ring (bicyclic) bond motifs is 1. The average molecular weight is 499 g/mol. The molecule has 0 radical (unpaired) electrons. The van der Waals surface area contributed by atoms with Crippen LogP contribution < -0.4 is 16.2 Å². The molecule has 0 bridgehead atoms. The molecule has 0 spiro atoms. The van der Waals surface area contributed by atoms with E-state index < -0.39 is 11.4 Å². The smallest absolute Gasteiger partial charge is 0.255 e. The van der Waals surface area contributed by atoms with Crippen LogP contribution in [0.4, 0.5) is 5.69 Å². The number of benzene rings is 2. The molecule has 9 heteroatoms. The quantitative estimate of drug-likeness (QED) is 0.558. The van der Waals surface area contributed by atoms with Crippen molar-refractivity contribution in [2.24, 2.45) is 11.7 Å². The first-order chi connectivity index (χ1) is 16.3. The normalized spacial score (nSPS) is 20.5. The van der Waals surface area contributed by atoms with E-state index in [0.29, 0.717) is 39.8 Å². The maximum absolute atomic E-state index is 13.9. The van der Waals surface area contributed by atoms with E-state index in [4.69, 9.17) is 28.9 Å². The summed E-state index contributed by atoms with van der Waals surface area (Å²) >= 11 is 12.3. The Hall–Kier alpha value is -3.03. The van der Waals surface area contributed by atoms with Gasteiger partial charge in [0.05, 0.1) is 22.2 Å². The van der Waals surface area contributed by atoms with Crippen molar-refractivity contribution in [3.05, 3.63) is 74.5 Å². The number of anilines is 1. The third-order valence-corrected chi connectivity index (χ3v) is 7.58. The van der Waals surface area contributed by atoms with E-state index in [-0.39, 0.29) is 30.1 Å². The van der Waals surface area contributed by atoms with Gasteiger partial charge in [-0.2, -0.15) is 0 Å². The monoisotopic (exact) mass is 498 g/mol. The van der Waals surface area contributed by atoms with E-state index in [1.165, 1.54) is 6.07 Å². The second kappa shape index (κ2) is 8.64. The van der Waals surface area contributed by atoms with E-state index in [1.807, 2.05) is 17.0 Å². The highest BCUT2D eigenvalue weighted by molar-refractivity contribution is 6.42. The molecule has 1 unspecified atom stereocenters. The van der Waals surface area contributed by atoms with Crippen molar-refractivity contribution in [2.45, 2.75) is 24.8 Å². The molecule has 1 aliphatic heterocycles. The van der Waals surface area contributed by atoms with Crippen LogP contribution in [0.2, 0.25) is 10.0 Å². The number of rotatable bonds is 5. The molecule has 3 N–H and O–H groups in total. The van der Waals surface area contributed by atoms with Gasteiger partial charge in [0.2, 0.25) is 11.5 Å². The molecule has 3 aromatic rings. The minimum Gasteiger partial charge on any atom is -0.368 e. The van der Waals surface area contributed by atoms with Gasteiger partial charge in [-0.25, -0.2) is 0 Å². The van der Waals surface area contributed by atoms with Crippen LogP contribution in [0.3, 0.4) is 0 Å². The predicted molar refractivity (Wildman–Crippen MR) is 134 cm³/mol. The van der Waals surface area contributed by atoms with Crippen LogP contribution in [0, 0.1) is 5.92 Å². The summed E-state index contributed by atoms with van der Waals surface area (Å²) in [5.74, 6) is -0.588. The first-order valence-electron chi connectivity index (χ1n) is 11.2. The van der Waals surface area contributed by atoms with Crippen molar-refractivity contribution in [2.75, 3.05) is 24.5 Å². The van der Waals surface area contributed by atoms with Crippen molar-refractivity contribution in [3.63, 3.8) is 0 Å². The zero-order valence-electron chi connectivity index (χ0n) is 18.4. The van der Waals surface area contributed by atoms with Crippen molar-refractivity contribution < 1.29 is 9.59 Å². The molecule has 34 heavy (non-hydrogen) atoms. The summed E-state index contributed by atoms with van der Waals surface area (Å²) in [4.78, 5) is 45.7. The second-order valence-electron chi connectivity index (χ2n) is 9.11. The van der Waals surface area contributed by atoms with E-state index in [2.05, 4.69) is 4.98 Å². The lowest BCUT2D eigenvalue weighted by atomic mass is 9.85. The lowest BCUT2D eigenvalue weighted by Crippen LogP contribution is -2.69. The molecule has 7 nitrogen and oxygen atoms in total. The van der Waals surface area contributed by atoms with Crippen LogP contribution in [0.5, 0.6) is 0 Å². The minimum absolute atomic E-state index is 0.240. The van der Waals surface area contributed by atoms with Gasteiger partial charge in [0.1, 0.15) is 5.54 Å². The predicted octanol–water partition coefficient (Wildman–Crippen LogP) is 3.82. The van der Waals surface area contributed by atoms with Crippen LogP contribution in [0.15, 0.2) is 53.3 Å². The summed E-state index contributed by atoms with van der Waals surface area (Å²) in [5.41, 5.74) is 6.11. The molecular formula is C25H24Cl2N4O3. The zero-order chi connectivity index (χ0) is 24.0. The van der Waals surface area contributed by atoms with Gasteiger partial charge in [0.15, 0.2) is 0 Å². The first kappa shape index (κ1) is 22.7. The van der Waals surface area contributed by atoms with Crippen molar-refractivity contribution in [1.82, 2.24) is 9.88 Å². The Balaban J connectivity index is 1.57. The number of aromatic amines is 1. The lowest BCUT2D eigenvalue weighted by Gasteiger charge is -2.50. The number of hydrogen-bond donors (Lipinski definition) is 2. The van der Waals surface area contributed by atoms with E-state index >= 15 is 0 Å². The fraction of sp³-hybridized carbons (Fsp3) is 0.320. The van der Waals surface area contributed by atoms with E-state index in [9.17, 15) is 14.4 Å². The van der Waals surface area contributed by atoms with Crippen LogP contribution in [-0.4, -0.2) is 46.9 Å². The number of carbonyl (C=O) groups excluding carboxylic acids is 2. The Morgan fingerprint density at radius 2 is 1.82 bits per heavy atom. The van der Waals surface area contributed by atoms with Gasteiger partial charge in [-0.05, 0) is 36.6 Å². The maximum Gasteiger partial charge on any atom is 0.255 e. The van der Waals surface area contributed by atoms with Crippen molar-refractivity contribution in [1.29, 1.82) is 0 Å². The highest BCUT2D eigenvalue weighted by Crippen LogP contribution is 2.42. The fourth-order valence-corrected chi connectivity index (χ4v) is 5.22. The minimum atomic E-state index is -1.22. The Labute approximate surface area is 206 Å². The second-order valence-corrected chi connectivity index (χ2v) is 9.93. The summed E-state index contributed by atoms with van der Waals surface area (Å²) in [7, 11) is 0. The third kappa shape index (κ3) is 4.03. The SMILES string of the molecule is NC(=O)C1(CC2CC2)CN(c2ccc(Cl)c(Cl)c2)CCN1C(=O)c1cc(=O)[nH]c2ccccc12. The topological polar surface area (TPSA) is 99.5 Å². The van der Waals surface area contributed by atoms with Crippen LogP contribution >= 0.6 is 23.2 Å². The van der Waals surface area contributed by atoms with Crippen molar-refractivity contribution in [3.8, 4) is 0 Å². The number of H-pyrrole nitrogens is 1. The van der Waals surface area contributed by atoms with Gasteiger partial charge in [0.25, 0.3) is 5.91 Å². The van der Waals surface area contributed by atoms with Gasteiger partial charge in [-0.15, -0.1) is 0 Å². The molecule has 1 saturated heterocycles. The number of pyridine rings is 1. The van der Waals surface area contributed by atoms with Gasteiger partial charge in [0, 0.05) is 35.7 Å². The molecule has 5 rings (SSSR count). The largest absolute Gasteiger partial charge is 0.368 e.